The van der Waals surface area contributed by atoms with E-state index in [0.29, 0.717) is 23.6 Å². The molecule has 0 unspecified atom stereocenters. The van der Waals surface area contributed by atoms with Crippen molar-refractivity contribution in [3.63, 3.8) is 0 Å². The smallest absolute Gasteiger partial charge is 0.154 e. The van der Waals surface area contributed by atoms with Gasteiger partial charge >= 0.3 is 0 Å². The number of hydrogen-bond donors (Lipinski definition) is 4. The van der Waals surface area contributed by atoms with E-state index in [2.05, 4.69) is 50.0 Å². The van der Waals surface area contributed by atoms with Gasteiger partial charge in [0.15, 0.2) is 5.82 Å². The van der Waals surface area contributed by atoms with Crippen LogP contribution in [0.2, 0.25) is 0 Å². The van der Waals surface area contributed by atoms with E-state index >= 15 is 0 Å². The number of nitrogens with one attached hydrogen (secondary N) is 4. The van der Waals surface area contributed by atoms with Gasteiger partial charge in [-0.3, -0.25) is 4.98 Å². The Labute approximate surface area is 175 Å². The molecule has 4 N–H and O–H groups in total. The third-order valence-electron chi connectivity index (χ3n) is 5.16. The fourth-order valence-electron chi connectivity index (χ4n) is 3.34. The lowest BCUT2D eigenvalue weighted by Crippen LogP contribution is -2.26. The summed E-state index contributed by atoms with van der Waals surface area (Å²) in [6.07, 6.45) is 7.87. The van der Waals surface area contributed by atoms with Crippen molar-refractivity contribution in [2.24, 2.45) is 0 Å². The van der Waals surface area contributed by atoms with Crippen LogP contribution in [-0.4, -0.2) is 45.5 Å². The minimum atomic E-state index is 0.373. The molecular weight excluding hydrogens is 376 g/mol. The molecule has 0 saturated carbocycles. The number of fused-ring (bicyclic) bond motifs is 1. The fourth-order valence-corrected chi connectivity index (χ4v) is 3.34. The highest BCUT2D eigenvalue weighted by molar-refractivity contribution is 6.08. The van der Waals surface area contributed by atoms with Gasteiger partial charge < -0.3 is 21.4 Å². The summed E-state index contributed by atoms with van der Waals surface area (Å²) in [4.78, 5) is 9.20. The number of hydrogen-bond acceptors (Lipinski definition) is 8. The van der Waals surface area contributed by atoms with Crippen molar-refractivity contribution < 1.29 is 0 Å². The van der Waals surface area contributed by atoms with Gasteiger partial charge in [-0.1, -0.05) is 13.8 Å². The summed E-state index contributed by atoms with van der Waals surface area (Å²) >= 11 is 0. The first kappa shape index (κ1) is 19.9. The van der Waals surface area contributed by atoms with Crippen molar-refractivity contribution in [1.29, 1.82) is 5.41 Å². The third kappa shape index (κ3) is 4.60. The van der Waals surface area contributed by atoms with E-state index in [4.69, 9.17) is 5.41 Å². The first-order valence-electron chi connectivity index (χ1n) is 10.2. The predicted molar refractivity (Wildman–Crippen MR) is 120 cm³/mol. The molecule has 0 spiro atoms. The highest BCUT2D eigenvalue weighted by Crippen LogP contribution is 2.21. The van der Waals surface area contributed by atoms with Crippen LogP contribution in [0.15, 0.2) is 42.9 Å². The Morgan fingerprint density at radius 2 is 2.10 bits per heavy atom. The molecular formula is C22H26N8. The lowest BCUT2D eigenvalue weighted by Gasteiger charge is -2.11. The minimum Gasteiger partial charge on any atom is -0.386 e. The van der Waals surface area contributed by atoms with Gasteiger partial charge in [-0.05, 0) is 48.7 Å². The number of pyridine rings is 2. The Bertz CT molecular complexity index is 1070. The van der Waals surface area contributed by atoms with Crippen molar-refractivity contribution in [2.45, 2.75) is 32.2 Å². The molecule has 30 heavy (non-hydrogen) atoms. The first-order chi connectivity index (χ1) is 14.6. The standard InChI is InChI=1S/C22H26N8/c1-14(2)15-8-22(30-27-12-15)29-21-4-3-19-20(28-21)7-16(10-26-19)17(9-23)11-25-18-5-6-24-13-18/h3-4,7-12,14,18,23-25H,5-6,13H2,1-2H3,(H,28,29,30)/b17-11+,23-9?/t18-/m1/s1. The van der Waals surface area contributed by atoms with Gasteiger partial charge in [0.25, 0.3) is 0 Å². The molecule has 1 saturated heterocycles. The van der Waals surface area contributed by atoms with Gasteiger partial charge in [0, 0.05) is 42.3 Å². The topological polar surface area (TPSA) is 112 Å². The van der Waals surface area contributed by atoms with E-state index in [1.54, 1.807) is 12.4 Å². The molecule has 1 aliphatic rings. The Hall–Kier alpha value is -3.39. The SMILES string of the molecule is CC(C)c1cnnc(Nc2ccc3ncc(/C(C=N)=C/N[C@@H]4CCNC4)cc3n2)c1. The van der Waals surface area contributed by atoms with E-state index < -0.39 is 0 Å². The summed E-state index contributed by atoms with van der Waals surface area (Å²) in [5, 5.41) is 26.0. The summed E-state index contributed by atoms with van der Waals surface area (Å²) in [6, 6.07) is 8.13. The van der Waals surface area contributed by atoms with Crippen LogP contribution < -0.4 is 16.0 Å². The van der Waals surface area contributed by atoms with Crippen molar-refractivity contribution >= 4 is 34.5 Å². The molecule has 154 valence electrons. The summed E-state index contributed by atoms with van der Waals surface area (Å²) in [6.45, 7) is 6.20. The summed E-state index contributed by atoms with van der Waals surface area (Å²) in [5.41, 5.74) is 4.28. The van der Waals surface area contributed by atoms with E-state index in [0.717, 1.165) is 47.2 Å². The first-order valence-corrected chi connectivity index (χ1v) is 10.2. The van der Waals surface area contributed by atoms with Crippen LogP contribution in [0.1, 0.15) is 37.3 Å². The molecule has 0 amide bonds. The molecule has 0 bridgehead atoms. The Morgan fingerprint density at radius 1 is 1.20 bits per heavy atom. The largest absolute Gasteiger partial charge is 0.386 e. The number of anilines is 2. The van der Waals surface area contributed by atoms with Gasteiger partial charge in [0.2, 0.25) is 0 Å². The van der Waals surface area contributed by atoms with Gasteiger partial charge in [-0.2, -0.15) is 5.10 Å². The molecule has 0 aromatic carbocycles. The van der Waals surface area contributed by atoms with Crippen LogP contribution in [0.4, 0.5) is 11.6 Å². The lowest BCUT2D eigenvalue weighted by molar-refractivity contribution is 0.640. The molecule has 4 rings (SSSR count). The zero-order valence-electron chi connectivity index (χ0n) is 17.2. The Morgan fingerprint density at radius 3 is 2.87 bits per heavy atom. The maximum Gasteiger partial charge on any atom is 0.154 e. The van der Waals surface area contributed by atoms with Crippen molar-refractivity contribution in [1.82, 2.24) is 30.8 Å². The summed E-state index contributed by atoms with van der Waals surface area (Å²) < 4.78 is 0. The van der Waals surface area contributed by atoms with Crippen LogP contribution in [0, 0.1) is 5.41 Å². The van der Waals surface area contributed by atoms with E-state index in [9.17, 15) is 0 Å². The highest BCUT2D eigenvalue weighted by Gasteiger charge is 2.12. The minimum absolute atomic E-state index is 0.373. The molecule has 8 heteroatoms. The molecule has 4 heterocycles. The second-order valence-corrected chi connectivity index (χ2v) is 7.71. The summed E-state index contributed by atoms with van der Waals surface area (Å²) in [7, 11) is 0. The highest BCUT2D eigenvalue weighted by atomic mass is 15.2. The van der Waals surface area contributed by atoms with Crippen molar-refractivity contribution in [3.8, 4) is 0 Å². The Balaban J connectivity index is 1.58. The van der Waals surface area contributed by atoms with Gasteiger partial charge in [0.05, 0.1) is 17.2 Å². The van der Waals surface area contributed by atoms with Crippen LogP contribution >= 0.6 is 0 Å². The van der Waals surface area contributed by atoms with Gasteiger partial charge in [0.1, 0.15) is 5.82 Å². The molecule has 8 nitrogen and oxygen atoms in total. The second kappa shape index (κ2) is 8.96. The summed E-state index contributed by atoms with van der Waals surface area (Å²) in [5.74, 6) is 1.70. The van der Waals surface area contributed by atoms with Crippen LogP contribution in [-0.2, 0) is 0 Å². The quantitative estimate of drug-likeness (QED) is 0.449. The lowest BCUT2D eigenvalue weighted by atomic mass is 10.1. The normalized spacial score (nSPS) is 16.8. The molecule has 3 aromatic heterocycles. The monoisotopic (exact) mass is 402 g/mol. The van der Waals surface area contributed by atoms with Crippen LogP contribution in [0.25, 0.3) is 16.6 Å². The molecule has 1 fully saturated rings. The predicted octanol–water partition coefficient (Wildman–Crippen LogP) is 3.23. The van der Waals surface area contributed by atoms with Gasteiger partial charge in [-0.15, -0.1) is 5.10 Å². The fraction of sp³-hybridized carbons (Fsp3) is 0.318. The Kier molecular flexibility index (Phi) is 5.94. The zero-order chi connectivity index (χ0) is 20.9. The van der Waals surface area contributed by atoms with Crippen molar-refractivity contribution in [3.05, 3.63) is 54.0 Å². The molecule has 1 aliphatic heterocycles. The molecule has 0 radical (unpaired) electrons. The van der Waals surface area contributed by atoms with E-state index in [1.807, 2.05) is 30.5 Å². The molecule has 3 aromatic rings. The molecule has 0 aliphatic carbocycles. The van der Waals surface area contributed by atoms with Crippen LogP contribution in [0.5, 0.6) is 0 Å². The van der Waals surface area contributed by atoms with Crippen LogP contribution in [0.3, 0.4) is 0 Å². The second-order valence-electron chi connectivity index (χ2n) is 7.71. The average molecular weight is 403 g/mol. The van der Waals surface area contributed by atoms with Gasteiger partial charge in [-0.25, -0.2) is 4.98 Å². The number of rotatable bonds is 7. The van der Waals surface area contributed by atoms with Crippen molar-refractivity contribution in [2.75, 3.05) is 18.4 Å². The van der Waals surface area contributed by atoms with E-state index in [1.165, 1.54) is 6.21 Å². The molecule has 1 atom stereocenters. The third-order valence-corrected chi connectivity index (χ3v) is 5.16. The average Bonchev–Trinajstić information content (AvgIpc) is 3.28. The maximum atomic E-state index is 7.80. The zero-order valence-corrected chi connectivity index (χ0v) is 17.2. The van der Waals surface area contributed by atoms with E-state index in [-0.39, 0.29) is 0 Å². The maximum absolute atomic E-state index is 7.80. The number of nitrogens with zero attached hydrogens (tertiary/aromatic N) is 4. The number of allylic oxidation sites excluding steroid dienone is 1. The number of aromatic nitrogens is 4.